The van der Waals surface area contributed by atoms with Crippen molar-refractivity contribution in [3.8, 4) is 11.1 Å². The molecule has 0 unspecified atom stereocenters. The van der Waals surface area contributed by atoms with Crippen LogP contribution < -0.4 is 16.0 Å². The largest absolute Gasteiger partial charge is 0.352 e. The third-order valence-corrected chi connectivity index (χ3v) is 7.92. The predicted octanol–water partition coefficient (Wildman–Crippen LogP) is 7.32. The SMILES string of the molecule is CC(C)(C)CNC(=O)c1ccc(Br)c(C=O)c1.Cc1c(F)cc(C(=O)NC2CC2)cc1-c1ccc(C(=O)NCC(C)(C)C)cc1C=O. The topological polar surface area (TPSA) is 121 Å². The third kappa shape index (κ3) is 11.2. The molecule has 0 saturated heterocycles. The summed E-state index contributed by atoms with van der Waals surface area (Å²) in [5.74, 6) is -1.28. The van der Waals surface area contributed by atoms with E-state index in [2.05, 4.69) is 31.9 Å². The molecule has 0 aromatic heterocycles. The minimum atomic E-state index is -0.516. The zero-order chi connectivity index (χ0) is 35.1. The molecule has 1 fully saturated rings. The van der Waals surface area contributed by atoms with Crippen LogP contribution in [0.5, 0.6) is 0 Å². The third-order valence-electron chi connectivity index (χ3n) is 7.19. The Balaban J connectivity index is 0.000000300. The maximum absolute atomic E-state index is 14.6. The van der Waals surface area contributed by atoms with Crippen LogP contribution in [0.1, 0.15) is 112 Å². The fourth-order valence-corrected chi connectivity index (χ4v) is 4.64. The van der Waals surface area contributed by atoms with Gasteiger partial charge in [-0.1, -0.05) is 63.5 Å². The fourth-order valence-electron chi connectivity index (χ4n) is 4.30. The van der Waals surface area contributed by atoms with E-state index in [4.69, 9.17) is 0 Å². The van der Waals surface area contributed by atoms with E-state index < -0.39 is 5.82 Å². The van der Waals surface area contributed by atoms with Crippen molar-refractivity contribution in [2.24, 2.45) is 10.8 Å². The van der Waals surface area contributed by atoms with Gasteiger partial charge in [-0.2, -0.15) is 0 Å². The van der Waals surface area contributed by atoms with Gasteiger partial charge in [0.15, 0.2) is 12.6 Å². The smallest absolute Gasteiger partial charge is 0.251 e. The summed E-state index contributed by atoms with van der Waals surface area (Å²) in [6, 6.07) is 12.7. The molecule has 0 atom stereocenters. The quantitative estimate of drug-likeness (QED) is 0.201. The van der Waals surface area contributed by atoms with Gasteiger partial charge in [0.2, 0.25) is 0 Å². The number of hydrogen-bond acceptors (Lipinski definition) is 5. The van der Waals surface area contributed by atoms with Gasteiger partial charge in [-0.05, 0) is 89.8 Å². The molecule has 1 aliphatic carbocycles. The standard InChI is InChI=1S/C24H27FN2O3.C13H16BrNO2/c1-14-20(10-16(11-21(14)25)23(30)27-18-6-7-18)19-8-5-15(9-17(19)12-28)22(29)26-13-24(2,3)4;1-13(2,3)8-15-12(17)9-4-5-11(14)10(6-9)7-16/h5,8-12,18H,6-7,13H2,1-4H3,(H,26,29)(H,27,30);4-7H,8H2,1-3H3,(H,15,17). The van der Waals surface area contributed by atoms with Crippen LogP contribution >= 0.6 is 15.9 Å². The lowest BCUT2D eigenvalue weighted by Gasteiger charge is -2.19. The molecule has 10 heteroatoms. The molecule has 0 bridgehead atoms. The van der Waals surface area contributed by atoms with Crippen molar-refractivity contribution in [2.75, 3.05) is 13.1 Å². The van der Waals surface area contributed by atoms with Gasteiger partial charge in [0.1, 0.15) is 5.82 Å². The molecular formula is C37H43BrFN3O5. The van der Waals surface area contributed by atoms with Gasteiger partial charge in [0, 0.05) is 51.4 Å². The van der Waals surface area contributed by atoms with Crippen molar-refractivity contribution in [3.05, 3.63) is 92.2 Å². The molecule has 3 N–H and O–H groups in total. The van der Waals surface area contributed by atoms with E-state index in [9.17, 15) is 28.4 Å². The highest BCUT2D eigenvalue weighted by Gasteiger charge is 2.25. The maximum Gasteiger partial charge on any atom is 0.251 e. The van der Waals surface area contributed by atoms with Crippen LogP contribution in [0.3, 0.4) is 0 Å². The molecule has 3 aromatic rings. The number of carbonyl (C=O) groups is 5. The molecule has 8 nitrogen and oxygen atoms in total. The normalized spacial score (nSPS) is 12.7. The number of benzene rings is 3. The first-order valence-corrected chi connectivity index (χ1v) is 16.2. The molecule has 1 saturated carbocycles. The minimum Gasteiger partial charge on any atom is -0.352 e. The number of aldehydes is 2. The molecule has 1 aliphatic rings. The summed E-state index contributed by atoms with van der Waals surface area (Å²) in [4.78, 5) is 59.2. The van der Waals surface area contributed by atoms with Crippen molar-refractivity contribution in [1.29, 1.82) is 0 Å². The lowest BCUT2D eigenvalue weighted by Crippen LogP contribution is -2.32. The first-order chi connectivity index (χ1) is 21.9. The summed E-state index contributed by atoms with van der Waals surface area (Å²) in [6.45, 7) is 14.9. The van der Waals surface area contributed by atoms with E-state index >= 15 is 0 Å². The van der Waals surface area contributed by atoms with Crippen LogP contribution in [0.15, 0.2) is 53.0 Å². The molecule has 0 radical (unpaired) electrons. The number of amides is 3. The van der Waals surface area contributed by atoms with Crippen LogP contribution in [0.25, 0.3) is 11.1 Å². The van der Waals surface area contributed by atoms with Crippen molar-refractivity contribution in [1.82, 2.24) is 16.0 Å². The number of hydrogen-bond donors (Lipinski definition) is 3. The number of carbonyl (C=O) groups excluding carboxylic acids is 5. The van der Waals surface area contributed by atoms with Crippen LogP contribution in [0, 0.1) is 23.6 Å². The van der Waals surface area contributed by atoms with Gasteiger partial charge >= 0.3 is 0 Å². The zero-order valence-corrected chi connectivity index (χ0v) is 29.6. The molecule has 0 aliphatic heterocycles. The van der Waals surface area contributed by atoms with Gasteiger partial charge in [0.05, 0.1) is 0 Å². The van der Waals surface area contributed by atoms with Crippen molar-refractivity contribution < 1.29 is 28.4 Å². The van der Waals surface area contributed by atoms with Gasteiger partial charge in [0.25, 0.3) is 17.7 Å². The summed E-state index contributed by atoms with van der Waals surface area (Å²) < 4.78 is 15.3. The maximum atomic E-state index is 14.6. The predicted molar refractivity (Wildman–Crippen MR) is 186 cm³/mol. The number of nitrogens with one attached hydrogen (secondary N) is 3. The van der Waals surface area contributed by atoms with E-state index in [1.165, 1.54) is 12.1 Å². The Morgan fingerprint density at radius 2 is 1.26 bits per heavy atom. The Bertz CT molecular complexity index is 1670. The van der Waals surface area contributed by atoms with Crippen LogP contribution in [0.2, 0.25) is 0 Å². The Morgan fingerprint density at radius 1 is 0.745 bits per heavy atom. The van der Waals surface area contributed by atoms with Crippen LogP contribution in [-0.2, 0) is 0 Å². The van der Waals surface area contributed by atoms with E-state index in [0.29, 0.717) is 57.2 Å². The molecule has 0 spiro atoms. The minimum absolute atomic E-state index is 0.0402. The highest BCUT2D eigenvalue weighted by molar-refractivity contribution is 9.10. The van der Waals surface area contributed by atoms with E-state index in [1.54, 1.807) is 43.3 Å². The Morgan fingerprint density at radius 3 is 1.74 bits per heavy atom. The zero-order valence-electron chi connectivity index (χ0n) is 28.0. The molecule has 0 heterocycles. The lowest BCUT2D eigenvalue weighted by molar-refractivity contribution is 0.0931. The summed E-state index contributed by atoms with van der Waals surface area (Å²) >= 11 is 3.25. The van der Waals surface area contributed by atoms with Crippen molar-refractivity contribution in [2.45, 2.75) is 67.3 Å². The van der Waals surface area contributed by atoms with Gasteiger partial charge < -0.3 is 16.0 Å². The average Bonchev–Trinajstić information content (AvgIpc) is 3.83. The van der Waals surface area contributed by atoms with Gasteiger partial charge in [-0.25, -0.2) is 4.39 Å². The Labute approximate surface area is 284 Å². The first kappa shape index (κ1) is 37.3. The average molecular weight is 709 g/mol. The fraction of sp³-hybridized carbons (Fsp3) is 0.378. The van der Waals surface area contributed by atoms with Gasteiger partial charge in [-0.3, -0.25) is 24.0 Å². The van der Waals surface area contributed by atoms with Crippen LogP contribution in [-0.4, -0.2) is 49.4 Å². The monoisotopic (exact) mass is 707 g/mol. The molecule has 47 heavy (non-hydrogen) atoms. The van der Waals surface area contributed by atoms with Gasteiger partial charge in [-0.15, -0.1) is 0 Å². The number of halogens is 2. The molecular weight excluding hydrogens is 665 g/mol. The van der Waals surface area contributed by atoms with E-state index in [1.807, 2.05) is 41.5 Å². The van der Waals surface area contributed by atoms with E-state index in [-0.39, 0.29) is 45.7 Å². The molecule has 4 rings (SSSR count). The second-order valence-electron chi connectivity index (χ2n) is 14.1. The summed E-state index contributed by atoms with van der Waals surface area (Å²) in [5, 5.41) is 8.54. The highest BCUT2D eigenvalue weighted by Crippen LogP contribution is 2.30. The van der Waals surface area contributed by atoms with E-state index in [0.717, 1.165) is 19.1 Å². The summed E-state index contributed by atoms with van der Waals surface area (Å²) in [5.41, 5.74) is 3.06. The second-order valence-corrected chi connectivity index (χ2v) is 15.0. The molecule has 3 amide bonds. The summed E-state index contributed by atoms with van der Waals surface area (Å²) in [7, 11) is 0. The van der Waals surface area contributed by atoms with Crippen molar-refractivity contribution in [3.63, 3.8) is 0 Å². The Kier molecular flexibility index (Phi) is 12.4. The van der Waals surface area contributed by atoms with Crippen molar-refractivity contribution >= 4 is 46.2 Å². The first-order valence-electron chi connectivity index (χ1n) is 15.4. The Hall–Kier alpha value is -4.18. The second kappa shape index (κ2) is 15.6. The highest BCUT2D eigenvalue weighted by atomic mass is 79.9. The molecule has 250 valence electrons. The van der Waals surface area contributed by atoms with Crippen LogP contribution in [0.4, 0.5) is 4.39 Å². The summed E-state index contributed by atoms with van der Waals surface area (Å²) in [6.07, 6.45) is 3.23. The number of rotatable bonds is 9. The molecule has 3 aromatic carbocycles. The lowest BCUT2D eigenvalue weighted by atomic mass is 9.92.